The van der Waals surface area contributed by atoms with Crippen molar-refractivity contribution in [3.8, 4) is 0 Å². The highest BCUT2D eigenvalue weighted by molar-refractivity contribution is 4.84. The number of hydrogen-bond donors (Lipinski definition) is 1. The Kier molecular flexibility index (Phi) is 7.25. The van der Waals surface area contributed by atoms with Crippen LogP contribution >= 0.6 is 0 Å². The van der Waals surface area contributed by atoms with E-state index in [0.717, 1.165) is 17.8 Å². The molecule has 1 saturated carbocycles. The van der Waals surface area contributed by atoms with Gasteiger partial charge in [0.1, 0.15) is 0 Å². The van der Waals surface area contributed by atoms with Crippen molar-refractivity contribution in [2.75, 3.05) is 20.1 Å². The second-order valence-corrected chi connectivity index (χ2v) is 6.63. The molecule has 2 nitrogen and oxygen atoms in total. The summed E-state index contributed by atoms with van der Waals surface area (Å²) in [6, 6.07) is 0.442. The molecule has 0 aromatic heterocycles. The van der Waals surface area contributed by atoms with E-state index in [4.69, 9.17) is 5.73 Å². The first-order valence-electron chi connectivity index (χ1n) is 8.00. The van der Waals surface area contributed by atoms with Gasteiger partial charge in [0.05, 0.1) is 0 Å². The maximum absolute atomic E-state index is 6.32. The van der Waals surface area contributed by atoms with Crippen molar-refractivity contribution >= 4 is 0 Å². The van der Waals surface area contributed by atoms with Gasteiger partial charge in [0, 0.05) is 19.1 Å². The van der Waals surface area contributed by atoms with Gasteiger partial charge in [-0.1, -0.05) is 40.0 Å². The van der Waals surface area contributed by atoms with Gasteiger partial charge in [0.25, 0.3) is 0 Å². The fourth-order valence-corrected chi connectivity index (χ4v) is 3.40. The Hall–Kier alpha value is -0.0800. The van der Waals surface area contributed by atoms with Crippen molar-refractivity contribution in [1.82, 2.24) is 4.90 Å². The lowest BCUT2D eigenvalue weighted by Gasteiger charge is -2.37. The minimum Gasteiger partial charge on any atom is -0.327 e. The Balaban J connectivity index is 2.37. The molecule has 1 aliphatic rings. The minimum absolute atomic E-state index is 0.442. The van der Waals surface area contributed by atoms with E-state index >= 15 is 0 Å². The Morgan fingerprint density at radius 2 is 2.00 bits per heavy atom. The summed E-state index contributed by atoms with van der Waals surface area (Å²) in [4.78, 5) is 2.51. The third kappa shape index (κ3) is 5.27. The van der Waals surface area contributed by atoms with E-state index < -0.39 is 0 Å². The molecule has 2 heteroatoms. The second kappa shape index (κ2) is 8.16. The molecule has 18 heavy (non-hydrogen) atoms. The molecule has 0 aromatic rings. The standard InChI is InChI=1S/C16H34N2/c1-5-7-14-8-9-16(17)15(10-14)12-18(4)11-13(3)6-2/h13-16H,5-12,17H2,1-4H3. The first kappa shape index (κ1) is 16.0. The lowest BCUT2D eigenvalue weighted by atomic mass is 9.76. The van der Waals surface area contributed by atoms with Crippen LogP contribution in [0.1, 0.15) is 59.3 Å². The fraction of sp³-hybridized carbons (Fsp3) is 1.00. The van der Waals surface area contributed by atoms with Gasteiger partial charge in [-0.3, -0.25) is 0 Å². The van der Waals surface area contributed by atoms with Gasteiger partial charge in [0.15, 0.2) is 0 Å². The predicted octanol–water partition coefficient (Wildman–Crippen LogP) is 3.51. The van der Waals surface area contributed by atoms with Crippen LogP contribution in [0.25, 0.3) is 0 Å². The normalized spacial score (nSPS) is 30.7. The molecular formula is C16H34N2. The van der Waals surface area contributed by atoms with Crippen LogP contribution < -0.4 is 5.73 Å². The molecular weight excluding hydrogens is 220 g/mol. The Labute approximate surface area is 114 Å². The molecule has 1 rings (SSSR count). The zero-order valence-electron chi connectivity index (χ0n) is 13.0. The van der Waals surface area contributed by atoms with Gasteiger partial charge in [-0.2, -0.15) is 0 Å². The van der Waals surface area contributed by atoms with Gasteiger partial charge in [-0.25, -0.2) is 0 Å². The van der Waals surface area contributed by atoms with Crippen molar-refractivity contribution in [1.29, 1.82) is 0 Å². The zero-order valence-corrected chi connectivity index (χ0v) is 13.0. The maximum Gasteiger partial charge on any atom is 0.00795 e. The summed E-state index contributed by atoms with van der Waals surface area (Å²) in [5.41, 5.74) is 6.32. The third-order valence-electron chi connectivity index (χ3n) is 4.71. The number of nitrogens with zero attached hydrogens (tertiary/aromatic N) is 1. The molecule has 0 heterocycles. The van der Waals surface area contributed by atoms with Crippen molar-refractivity contribution < 1.29 is 0 Å². The van der Waals surface area contributed by atoms with E-state index in [-0.39, 0.29) is 0 Å². The van der Waals surface area contributed by atoms with E-state index in [1.807, 2.05) is 0 Å². The molecule has 108 valence electrons. The highest BCUT2D eigenvalue weighted by Crippen LogP contribution is 2.31. The van der Waals surface area contributed by atoms with Crippen LogP contribution in [0.3, 0.4) is 0 Å². The van der Waals surface area contributed by atoms with Gasteiger partial charge in [-0.15, -0.1) is 0 Å². The Morgan fingerprint density at radius 3 is 2.61 bits per heavy atom. The number of hydrogen-bond acceptors (Lipinski definition) is 2. The molecule has 4 atom stereocenters. The summed E-state index contributed by atoms with van der Waals surface area (Å²) in [7, 11) is 2.27. The van der Waals surface area contributed by atoms with E-state index in [0.29, 0.717) is 6.04 Å². The van der Waals surface area contributed by atoms with E-state index in [1.54, 1.807) is 0 Å². The number of rotatable bonds is 7. The van der Waals surface area contributed by atoms with E-state index in [1.165, 1.54) is 51.6 Å². The van der Waals surface area contributed by atoms with Crippen LogP contribution in [-0.4, -0.2) is 31.1 Å². The lowest BCUT2D eigenvalue weighted by molar-refractivity contribution is 0.158. The topological polar surface area (TPSA) is 29.3 Å². The molecule has 0 bridgehead atoms. The molecule has 4 unspecified atom stereocenters. The first-order chi connectivity index (χ1) is 8.56. The molecule has 0 saturated heterocycles. The maximum atomic E-state index is 6.32. The van der Waals surface area contributed by atoms with E-state index in [2.05, 4.69) is 32.7 Å². The highest BCUT2D eigenvalue weighted by Gasteiger charge is 2.28. The average Bonchev–Trinajstić information content (AvgIpc) is 2.33. The zero-order chi connectivity index (χ0) is 13.5. The lowest BCUT2D eigenvalue weighted by Crippen LogP contribution is -2.43. The smallest absolute Gasteiger partial charge is 0.00795 e. The summed E-state index contributed by atoms with van der Waals surface area (Å²) in [5, 5.41) is 0. The van der Waals surface area contributed by atoms with E-state index in [9.17, 15) is 0 Å². The second-order valence-electron chi connectivity index (χ2n) is 6.63. The quantitative estimate of drug-likeness (QED) is 0.753. The monoisotopic (exact) mass is 254 g/mol. The largest absolute Gasteiger partial charge is 0.327 e. The molecule has 1 aliphatic carbocycles. The SMILES string of the molecule is CCCC1CCC(N)C(CN(C)CC(C)CC)C1. The molecule has 0 aromatic carbocycles. The molecule has 1 fully saturated rings. The van der Waals surface area contributed by atoms with Crippen LogP contribution in [-0.2, 0) is 0 Å². The summed E-state index contributed by atoms with van der Waals surface area (Å²) in [6.07, 6.45) is 7.97. The van der Waals surface area contributed by atoms with Crippen LogP contribution in [0.2, 0.25) is 0 Å². The molecule has 2 N–H and O–H groups in total. The number of nitrogens with two attached hydrogens (primary N) is 1. The minimum atomic E-state index is 0.442. The van der Waals surface area contributed by atoms with Crippen LogP contribution in [0, 0.1) is 17.8 Å². The van der Waals surface area contributed by atoms with Gasteiger partial charge >= 0.3 is 0 Å². The summed E-state index contributed by atoms with van der Waals surface area (Å²) in [5.74, 6) is 2.47. The Morgan fingerprint density at radius 1 is 1.28 bits per heavy atom. The Bertz CT molecular complexity index is 217. The first-order valence-corrected chi connectivity index (χ1v) is 8.00. The van der Waals surface area contributed by atoms with Crippen molar-refractivity contribution in [3.05, 3.63) is 0 Å². The van der Waals surface area contributed by atoms with Crippen LogP contribution in [0.15, 0.2) is 0 Å². The highest BCUT2D eigenvalue weighted by atomic mass is 15.1. The van der Waals surface area contributed by atoms with Crippen molar-refractivity contribution in [2.45, 2.75) is 65.3 Å². The predicted molar refractivity (Wildman–Crippen MR) is 80.7 cm³/mol. The molecule has 0 aliphatic heterocycles. The summed E-state index contributed by atoms with van der Waals surface area (Å²) in [6.45, 7) is 9.35. The van der Waals surface area contributed by atoms with Crippen LogP contribution in [0.5, 0.6) is 0 Å². The molecule has 0 spiro atoms. The van der Waals surface area contributed by atoms with Crippen molar-refractivity contribution in [2.24, 2.45) is 23.5 Å². The summed E-state index contributed by atoms with van der Waals surface area (Å²) >= 11 is 0. The molecule has 0 radical (unpaired) electrons. The van der Waals surface area contributed by atoms with Crippen LogP contribution in [0.4, 0.5) is 0 Å². The summed E-state index contributed by atoms with van der Waals surface area (Å²) < 4.78 is 0. The molecule has 0 amide bonds. The van der Waals surface area contributed by atoms with Crippen molar-refractivity contribution in [3.63, 3.8) is 0 Å². The fourth-order valence-electron chi connectivity index (χ4n) is 3.40. The van der Waals surface area contributed by atoms with Gasteiger partial charge in [-0.05, 0) is 44.1 Å². The van der Waals surface area contributed by atoms with Gasteiger partial charge < -0.3 is 10.6 Å². The third-order valence-corrected chi connectivity index (χ3v) is 4.71. The average molecular weight is 254 g/mol. The van der Waals surface area contributed by atoms with Gasteiger partial charge in [0.2, 0.25) is 0 Å².